The van der Waals surface area contributed by atoms with Gasteiger partial charge in [-0.2, -0.15) is 0 Å². The predicted molar refractivity (Wildman–Crippen MR) is 321 cm³/mol. The summed E-state index contributed by atoms with van der Waals surface area (Å²) in [4.78, 5) is 51.3. The number of allylic oxidation sites excluding steroid dienone is 14. The van der Waals surface area contributed by atoms with Crippen LogP contribution in [0.25, 0.3) is 0 Å². The minimum Gasteiger partial charge on any atom is -0.479 e. The SMILES string of the molecule is CC/C=C\C/C=C\C/C=C\CCCCCCCCCC(=O)OC1C(OCC(COC(=O)CCCCCCCCCCC/C=C\C/C=C\CCCCC)OC(=O)CCCCCCC/C=C\C/C=C\CCC)OC(C(=O)O)C(O)C1O. The van der Waals surface area contributed by atoms with E-state index in [9.17, 15) is 34.5 Å². The molecule has 452 valence electrons. The van der Waals surface area contributed by atoms with Gasteiger partial charge in [-0.1, -0.05) is 221 Å². The summed E-state index contributed by atoms with van der Waals surface area (Å²) in [5, 5.41) is 31.5. The molecule has 0 amide bonds. The van der Waals surface area contributed by atoms with E-state index in [0.717, 1.165) is 148 Å². The van der Waals surface area contributed by atoms with Crippen LogP contribution in [-0.4, -0.2) is 89.2 Å². The molecule has 0 saturated carbocycles. The molecule has 12 heteroatoms. The molecule has 1 rings (SSSR count). The molecule has 0 aliphatic carbocycles. The Balaban J connectivity index is 2.66. The van der Waals surface area contributed by atoms with Gasteiger partial charge in [-0.05, 0) is 109 Å². The number of esters is 3. The van der Waals surface area contributed by atoms with Crippen molar-refractivity contribution in [2.75, 3.05) is 13.2 Å². The summed E-state index contributed by atoms with van der Waals surface area (Å²) in [7, 11) is 0. The molecule has 0 bridgehead atoms. The normalized spacial score (nSPS) is 18.4. The van der Waals surface area contributed by atoms with Gasteiger partial charge in [0.25, 0.3) is 0 Å². The van der Waals surface area contributed by atoms with Gasteiger partial charge in [-0.15, -0.1) is 0 Å². The van der Waals surface area contributed by atoms with E-state index < -0.39 is 67.3 Å². The molecule has 79 heavy (non-hydrogen) atoms. The molecular weight excluding hydrogens is 997 g/mol. The molecule has 1 aliphatic rings. The van der Waals surface area contributed by atoms with Crippen LogP contribution >= 0.6 is 0 Å². The van der Waals surface area contributed by atoms with Gasteiger partial charge < -0.3 is 39.0 Å². The van der Waals surface area contributed by atoms with Crippen LogP contribution in [0.4, 0.5) is 0 Å². The lowest BCUT2D eigenvalue weighted by Crippen LogP contribution is -2.61. The fourth-order valence-corrected chi connectivity index (χ4v) is 9.10. The molecule has 0 aromatic rings. The number of aliphatic hydroxyl groups is 2. The number of carbonyl (C=O) groups is 4. The molecule has 0 aromatic heterocycles. The highest BCUT2D eigenvalue weighted by molar-refractivity contribution is 5.74. The van der Waals surface area contributed by atoms with Gasteiger partial charge in [-0.25, -0.2) is 4.79 Å². The van der Waals surface area contributed by atoms with Crippen molar-refractivity contribution in [1.82, 2.24) is 0 Å². The molecule has 0 radical (unpaired) electrons. The molecule has 1 heterocycles. The van der Waals surface area contributed by atoms with Crippen LogP contribution in [0.1, 0.15) is 265 Å². The number of carbonyl (C=O) groups excluding carboxylic acids is 3. The monoisotopic (exact) mass is 1110 g/mol. The number of unbranched alkanes of at least 4 members (excludes halogenated alkanes) is 25. The lowest BCUT2D eigenvalue weighted by Gasteiger charge is -2.40. The van der Waals surface area contributed by atoms with Crippen LogP contribution in [-0.2, 0) is 42.9 Å². The molecule has 1 saturated heterocycles. The van der Waals surface area contributed by atoms with E-state index in [-0.39, 0.29) is 25.9 Å². The van der Waals surface area contributed by atoms with Crippen molar-refractivity contribution in [3.8, 4) is 0 Å². The Morgan fingerprint density at radius 1 is 0.430 bits per heavy atom. The number of carboxylic acids is 1. The van der Waals surface area contributed by atoms with E-state index in [2.05, 4.69) is 106 Å². The second-order valence-electron chi connectivity index (χ2n) is 21.3. The predicted octanol–water partition coefficient (Wildman–Crippen LogP) is 16.7. The standard InChI is InChI=1S/C67H112O12/c1-4-7-10-13-16-19-22-25-27-29-30-32-33-36-38-41-44-47-50-53-59(68)75-56-58(77-60(69)54-51-48-45-42-39-35-24-21-18-15-12-9-6-3)57-76-67-65(63(72)62(71)64(79-67)66(73)74)78-61(70)55-52-49-46-43-40-37-34-31-28-26-23-20-17-14-11-8-5-2/h8,11-12,15-17,19-21,24-28,58,62-65,67,71-72H,4-7,9-10,13-14,18,22-23,29-57H2,1-3H3,(H,73,74)/b11-8-,15-12-,19-16-,20-17-,24-21-,27-25-,28-26-. The average molecular weight is 1110 g/mol. The summed E-state index contributed by atoms with van der Waals surface area (Å²) >= 11 is 0. The number of aliphatic carboxylic acids is 1. The van der Waals surface area contributed by atoms with Gasteiger partial charge in [-0.3, -0.25) is 14.4 Å². The van der Waals surface area contributed by atoms with Crippen LogP contribution in [0.2, 0.25) is 0 Å². The molecule has 6 atom stereocenters. The smallest absolute Gasteiger partial charge is 0.335 e. The maximum absolute atomic E-state index is 13.2. The number of hydrogen-bond acceptors (Lipinski definition) is 11. The highest BCUT2D eigenvalue weighted by Crippen LogP contribution is 2.26. The number of ether oxygens (including phenoxy) is 5. The summed E-state index contributed by atoms with van der Waals surface area (Å²) in [6.07, 6.45) is 58.3. The largest absolute Gasteiger partial charge is 0.479 e. The summed E-state index contributed by atoms with van der Waals surface area (Å²) in [5.41, 5.74) is 0. The minimum absolute atomic E-state index is 0.0447. The van der Waals surface area contributed by atoms with E-state index in [0.29, 0.717) is 19.3 Å². The van der Waals surface area contributed by atoms with Gasteiger partial charge >= 0.3 is 23.9 Å². The van der Waals surface area contributed by atoms with Crippen molar-refractivity contribution < 1.29 is 58.2 Å². The first-order valence-electron chi connectivity index (χ1n) is 31.6. The molecule has 3 N–H and O–H groups in total. The van der Waals surface area contributed by atoms with Crippen LogP contribution in [0.3, 0.4) is 0 Å². The lowest BCUT2D eigenvalue weighted by molar-refractivity contribution is -0.301. The third-order valence-electron chi connectivity index (χ3n) is 13.9. The Hall–Kier alpha value is -4.10. The lowest BCUT2D eigenvalue weighted by atomic mass is 9.98. The van der Waals surface area contributed by atoms with Crippen molar-refractivity contribution in [1.29, 1.82) is 0 Å². The van der Waals surface area contributed by atoms with Gasteiger partial charge in [0.15, 0.2) is 24.6 Å². The summed E-state index contributed by atoms with van der Waals surface area (Å²) in [5.74, 6) is -3.15. The van der Waals surface area contributed by atoms with Crippen LogP contribution < -0.4 is 0 Å². The third-order valence-corrected chi connectivity index (χ3v) is 13.9. The van der Waals surface area contributed by atoms with Crippen molar-refractivity contribution in [2.45, 2.75) is 302 Å². The van der Waals surface area contributed by atoms with E-state index in [4.69, 9.17) is 23.7 Å². The number of rotatable bonds is 53. The molecule has 6 unspecified atom stereocenters. The highest BCUT2D eigenvalue weighted by Gasteiger charge is 2.50. The Kier molecular flexibility index (Phi) is 50.3. The number of aliphatic hydroxyl groups excluding tert-OH is 2. The first-order chi connectivity index (χ1) is 38.6. The summed E-state index contributed by atoms with van der Waals surface area (Å²) in [6, 6.07) is 0. The maximum atomic E-state index is 13.2. The average Bonchev–Trinajstić information content (AvgIpc) is 3.46. The molecule has 0 aromatic carbocycles. The number of carboxylic acid groups (broad SMARTS) is 1. The van der Waals surface area contributed by atoms with E-state index in [1.54, 1.807) is 0 Å². The van der Waals surface area contributed by atoms with Crippen molar-refractivity contribution in [2.24, 2.45) is 0 Å². The third kappa shape index (κ3) is 44.3. The van der Waals surface area contributed by atoms with Crippen molar-refractivity contribution in [3.05, 3.63) is 85.1 Å². The summed E-state index contributed by atoms with van der Waals surface area (Å²) < 4.78 is 28.5. The fourth-order valence-electron chi connectivity index (χ4n) is 9.10. The van der Waals surface area contributed by atoms with E-state index in [1.807, 2.05) is 0 Å². The second kappa shape index (κ2) is 54.5. The fraction of sp³-hybridized carbons (Fsp3) is 0.731. The molecule has 1 fully saturated rings. The zero-order valence-corrected chi connectivity index (χ0v) is 49.8. The summed E-state index contributed by atoms with van der Waals surface area (Å²) in [6.45, 7) is 5.79. The zero-order chi connectivity index (χ0) is 57.5. The van der Waals surface area contributed by atoms with Crippen LogP contribution in [0.15, 0.2) is 85.1 Å². The minimum atomic E-state index is -1.91. The zero-order valence-electron chi connectivity index (χ0n) is 49.8. The van der Waals surface area contributed by atoms with E-state index in [1.165, 1.54) is 57.8 Å². The Morgan fingerprint density at radius 3 is 1.27 bits per heavy atom. The Bertz CT molecular complexity index is 1700. The topological polar surface area (TPSA) is 175 Å². The molecule has 1 aliphatic heterocycles. The van der Waals surface area contributed by atoms with Crippen LogP contribution in [0, 0.1) is 0 Å². The quantitative estimate of drug-likeness (QED) is 0.0228. The first kappa shape index (κ1) is 72.9. The van der Waals surface area contributed by atoms with E-state index >= 15 is 0 Å². The van der Waals surface area contributed by atoms with Crippen LogP contribution in [0.5, 0.6) is 0 Å². The first-order valence-corrected chi connectivity index (χ1v) is 31.6. The Morgan fingerprint density at radius 2 is 0.823 bits per heavy atom. The van der Waals surface area contributed by atoms with Crippen molar-refractivity contribution >= 4 is 23.9 Å². The van der Waals surface area contributed by atoms with Gasteiger partial charge in [0.2, 0.25) is 0 Å². The van der Waals surface area contributed by atoms with Gasteiger partial charge in [0, 0.05) is 19.3 Å². The Labute approximate surface area is 480 Å². The highest BCUT2D eigenvalue weighted by atomic mass is 16.7. The second-order valence-corrected chi connectivity index (χ2v) is 21.3. The maximum Gasteiger partial charge on any atom is 0.335 e. The van der Waals surface area contributed by atoms with Crippen molar-refractivity contribution in [3.63, 3.8) is 0 Å². The molecular formula is C67H112O12. The van der Waals surface area contributed by atoms with Gasteiger partial charge in [0.05, 0.1) is 6.61 Å². The molecule has 0 spiro atoms. The van der Waals surface area contributed by atoms with Gasteiger partial charge in [0.1, 0.15) is 18.8 Å². The number of hydrogen-bond donors (Lipinski definition) is 3. The molecule has 12 nitrogen and oxygen atoms in total.